The molecule has 2 aromatic rings. The van der Waals surface area contributed by atoms with Gasteiger partial charge in [-0.05, 0) is 30.3 Å². The highest BCUT2D eigenvalue weighted by molar-refractivity contribution is 6.33. The predicted octanol–water partition coefficient (Wildman–Crippen LogP) is 4.06. The Bertz CT molecular complexity index is 596. The number of alkyl halides is 3. The van der Waals surface area contributed by atoms with Crippen molar-refractivity contribution in [2.75, 3.05) is 5.32 Å². The second kappa shape index (κ2) is 5.76. The normalized spacial score (nSPS) is 11.7. The number of hydrogen-bond acceptors (Lipinski definition) is 3. The molecule has 0 fully saturated rings. The van der Waals surface area contributed by atoms with E-state index in [4.69, 9.17) is 21.1 Å². The number of benzene rings is 1. The maximum absolute atomic E-state index is 12.6. The van der Waals surface area contributed by atoms with Crippen LogP contribution in [-0.4, -0.2) is 5.11 Å². The zero-order chi connectivity index (χ0) is 14.8. The fourth-order valence-electron chi connectivity index (χ4n) is 1.62. The van der Waals surface area contributed by atoms with Crippen molar-refractivity contribution >= 4 is 17.3 Å². The molecule has 2 rings (SSSR count). The molecule has 0 aliphatic heterocycles. The molecule has 0 aliphatic rings. The minimum absolute atomic E-state index is 0.168. The number of aliphatic hydroxyl groups excluding tert-OH is 1. The molecule has 0 saturated carbocycles. The summed E-state index contributed by atoms with van der Waals surface area (Å²) in [7, 11) is 0. The molecule has 2 N–H and O–H groups in total. The summed E-state index contributed by atoms with van der Waals surface area (Å²) in [6.07, 6.45) is -4.42. The van der Waals surface area contributed by atoms with Crippen molar-refractivity contribution in [1.29, 1.82) is 0 Å². The maximum Gasteiger partial charge on any atom is 0.416 e. The van der Waals surface area contributed by atoms with E-state index >= 15 is 0 Å². The van der Waals surface area contributed by atoms with Crippen molar-refractivity contribution < 1.29 is 22.7 Å². The van der Waals surface area contributed by atoms with E-state index in [0.717, 1.165) is 12.1 Å². The molecule has 20 heavy (non-hydrogen) atoms. The quantitative estimate of drug-likeness (QED) is 0.895. The molecule has 1 aromatic carbocycles. The Morgan fingerprint density at radius 3 is 2.45 bits per heavy atom. The highest BCUT2D eigenvalue weighted by atomic mass is 35.5. The topological polar surface area (TPSA) is 45.4 Å². The van der Waals surface area contributed by atoms with Gasteiger partial charge in [0, 0.05) is 0 Å². The van der Waals surface area contributed by atoms with Crippen molar-refractivity contribution in [3.63, 3.8) is 0 Å². The van der Waals surface area contributed by atoms with Gasteiger partial charge in [-0.3, -0.25) is 0 Å². The van der Waals surface area contributed by atoms with Crippen LogP contribution >= 0.6 is 11.6 Å². The van der Waals surface area contributed by atoms with Gasteiger partial charge in [0.25, 0.3) is 0 Å². The van der Waals surface area contributed by atoms with Gasteiger partial charge in [-0.2, -0.15) is 13.2 Å². The summed E-state index contributed by atoms with van der Waals surface area (Å²) in [6, 6.07) is 6.27. The Hall–Kier alpha value is -1.66. The first kappa shape index (κ1) is 14.7. The average molecular weight is 306 g/mol. The molecule has 0 amide bonds. The molecule has 0 spiro atoms. The molecular weight excluding hydrogens is 295 g/mol. The Morgan fingerprint density at radius 1 is 1.15 bits per heavy atom. The first-order valence-corrected chi connectivity index (χ1v) is 6.07. The summed E-state index contributed by atoms with van der Waals surface area (Å²) in [5, 5.41) is 11.8. The largest absolute Gasteiger partial charge is 0.462 e. The van der Waals surface area contributed by atoms with E-state index in [1.165, 1.54) is 6.07 Å². The number of nitrogens with one attached hydrogen (secondary N) is 1. The third-order valence-corrected chi connectivity index (χ3v) is 2.95. The van der Waals surface area contributed by atoms with Crippen LogP contribution in [0.1, 0.15) is 17.1 Å². The molecule has 0 bridgehead atoms. The number of halogens is 4. The molecule has 0 aliphatic carbocycles. The van der Waals surface area contributed by atoms with Crippen molar-refractivity contribution in [3.05, 3.63) is 52.4 Å². The molecule has 1 heterocycles. The lowest BCUT2D eigenvalue weighted by molar-refractivity contribution is -0.137. The Kier molecular flexibility index (Phi) is 4.25. The SMILES string of the molecule is OCc1ccc(CNc2cc(C(F)(F)F)ccc2Cl)o1. The van der Waals surface area contributed by atoms with Gasteiger partial charge in [0.15, 0.2) is 0 Å². The maximum atomic E-state index is 12.6. The minimum Gasteiger partial charge on any atom is -0.462 e. The Balaban J connectivity index is 2.12. The van der Waals surface area contributed by atoms with E-state index < -0.39 is 11.7 Å². The molecule has 0 saturated heterocycles. The van der Waals surface area contributed by atoms with Gasteiger partial charge < -0.3 is 14.8 Å². The van der Waals surface area contributed by atoms with Crippen LogP contribution in [-0.2, 0) is 19.3 Å². The van der Waals surface area contributed by atoms with Gasteiger partial charge in [0.2, 0.25) is 0 Å². The molecule has 1 aromatic heterocycles. The van der Waals surface area contributed by atoms with Crippen LogP contribution in [0.2, 0.25) is 5.02 Å². The highest BCUT2D eigenvalue weighted by Gasteiger charge is 2.30. The van der Waals surface area contributed by atoms with Crippen LogP contribution in [0, 0.1) is 0 Å². The summed E-state index contributed by atoms with van der Waals surface area (Å²) in [5.41, 5.74) is -0.608. The van der Waals surface area contributed by atoms with Gasteiger partial charge in [-0.25, -0.2) is 0 Å². The summed E-state index contributed by atoms with van der Waals surface area (Å²) in [6.45, 7) is -0.0641. The fourth-order valence-corrected chi connectivity index (χ4v) is 1.81. The number of anilines is 1. The highest BCUT2D eigenvalue weighted by Crippen LogP contribution is 2.33. The van der Waals surface area contributed by atoms with E-state index in [1.807, 2.05) is 0 Å². The monoisotopic (exact) mass is 305 g/mol. The molecule has 108 valence electrons. The van der Waals surface area contributed by atoms with Crippen molar-refractivity contribution in [2.45, 2.75) is 19.3 Å². The van der Waals surface area contributed by atoms with Gasteiger partial charge in [-0.15, -0.1) is 0 Å². The minimum atomic E-state index is -4.42. The molecule has 3 nitrogen and oxygen atoms in total. The number of rotatable bonds is 4. The number of furan rings is 1. The van der Waals surface area contributed by atoms with Gasteiger partial charge in [0.05, 0.1) is 22.8 Å². The third-order valence-electron chi connectivity index (χ3n) is 2.62. The third kappa shape index (κ3) is 3.46. The van der Waals surface area contributed by atoms with E-state index in [2.05, 4.69) is 5.32 Å². The summed E-state index contributed by atoms with van der Waals surface area (Å²) >= 11 is 5.84. The summed E-state index contributed by atoms with van der Waals surface area (Å²) in [4.78, 5) is 0. The Morgan fingerprint density at radius 2 is 1.85 bits per heavy atom. The lowest BCUT2D eigenvalue weighted by Gasteiger charge is -2.11. The second-order valence-electron chi connectivity index (χ2n) is 4.07. The number of hydrogen-bond donors (Lipinski definition) is 2. The standard InChI is InChI=1S/C13H11ClF3NO2/c14-11-4-1-8(13(15,16)17)5-12(11)18-6-9-2-3-10(7-19)20-9/h1-5,18-19H,6-7H2. The first-order valence-electron chi connectivity index (χ1n) is 5.69. The smallest absolute Gasteiger partial charge is 0.416 e. The van der Waals surface area contributed by atoms with Crippen molar-refractivity contribution in [3.8, 4) is 0 Å². The van der Waals surface area contributed by atoms with Crippen LogP contribution in [0.25, 0.3) is 0 Å². The molecule has 0 atom stereocenters. The van der Waals surface area contributed by atoms with Crippen LogP contribution in [0.4, 0.5) is 18.9 Å². The fraction of sp³-hybridized carbons (Fsp3) is 0.231. The van der Waals surface area contributed by atoms with Gasteiger partial charge in [-0.1, -0.05) is 11.6 Å². The van der Waals surface area contributed by atoms with Gasteiger partial charge in [0.1, 0.15) is 18.1 Å². The summed E-state index contributed by atoms with van der Waals surface area (Å²) in [5.74, 6) is 0.875. The molecule has 0 radical (unpaired) electrons. The second-order valence-corrected chi connectivity index (χ2v) is 4.48. The lowest BCUT2D eigenvalue weighted by atomic mass is 10.2. The first-order chi connectivity index (χ1) is 9.40. The predicted molar refractivity (Wildman–Crippen MR) is 68.4 cm³/mol. The van der Waals surface area contributed by atoms with Crippen LogP contribution < -0.4 is 5.32 Å². The average Bonchev–Trinajstić information content (AvgIpc) is 2.84. The molecular formula is C13H11ClF3NO2. The van der Waals surface area contributed by atoms with Gasteiger partial charge >= 0.3 is 6.18 Å². The van der Waals surface area contributed by atoms with Crippen molar-refractivity contribution in [1.82, 2.24) is 0 Å². The van der Waals surface area contributed by atoms with E-state index in [9.17, 15) is 13.2 Å². The zero-order valence-corrected chi connectivity index (χ0v) is 10.9. The molecule has 0 unspecified atom stereocenters. The zero-order valence-electron chi connectivity index (χ0n) is 10.2. The lowest BCUT2D eigenvalue weighted by Crippen LogP contribution is -2.06. The molecule has 7 heteroatoms. The van der Waals surface area contributed by atoms with Crippen LogP contribution in [0.3, 0.4) is 0 Å². The summed E-state index contributed by atoms with van der Waals surface area (Å²) < 4.78 is 43.0. The van der Waals surface area contributed by atoms with E-state index in [-0.39, 0.29) is 23.9 Å². The Labute approximate surface area is 118 Å². The van der Waals surface area contributed by atoms with E-state index in [0.29, 0.717) is 11.5 Å². The van der Waals surface area contributed by atoms with Crippen LogP contribution in [0.5, 0.6) is 0 Å². The number of aliphatic hydroxyl groups is 1. The van der Waals surface area contributed by atoms with E-state index in [1.54, 1.807) is 12.1 Å². The van der Waals surface area contributed by atoms with Crippen molar-refractivity contribution in [2.24, 2.45) is 0 Å². The van der Waals surface area contributed by atoms with Crippen LogP contribution in [0.15, 0.2) is 34.7 Å².